The number of nitrogens with zero attached hydrogens (tertiary/aromatic N) is 4. The van der Waals surface area contributed by atoms with Gasteiger partial charge in [-0.3, -0.25) is 10.1 Å². The highest BCUT2D eigenvalue weighted by molar-refractivity contribution is 7.14. The Hall–Kier alpha value is -3.23. The van der Waals surface area contributed by atoms with Crippen molar-refractivity contribution in [3.63, 3.8) is 0 Å². The number of nitrogens with two attached hydrogens (primary N) is 1. The number of halogens is 4. The normalized spacial score (nSPS) is 20.9. The fourth-order valence-electron chi connectivity index (χ4n) is 7.20. The van der Waals surface area contributed by atoms with Crippen molar-refractivity contribution in [2.45, 2.75) is 82.3 Å². The number of thiophene rings is 1. The number of urea groups is 1. The van der Waals surface area contributed by atoms with E-state index in [1.165, 1.54) is 41.6 Å². The van der Waals surface area contributed by atoms with Gasteiger partial charge in [0.2, 0.25) is 0 Å². The van der Waals surface area contributed by atoms with E-state index in [9.17, 15) is 27.6 Å². The molecule has 2 aromatic rings. The van der Waals surface area contributed by atoms with Gasteiger partial charge in [0.15, 0.2) is 6.10 Å². The van der Waals surface area contributed by atoms with Gasteiger partial charge in [0.05, 0.1) is 22.8 Å². The summed E-state index contributed by atoms with van der Waals surface area (Å²) in [6.45, 7) is 4.14. The van der Waals surface area contributed by atoms with Gasteiger partial charge < -0.3 is 30.1 Å². The molecule has 0 spiro atoms. The van der Waals surface area contributed by atoms with E-state index in [1.807, 2.05) is 11.4 Å². The van der Waals surface area contributed by atoms with Crippen LogP contribution in [0.3, 0.4) is 0 Å². The molecule has 3 saturated heterocycles. The third-order valence-corrected chi connectivity index (χ3v) is 11.0. The molecule has 3 N–H and O–H groups in total. The molecular formula is C32H40ClF3N6O4S. The van der Waals surface area contributed by atoms with Gasteiger partial charge in [-0.1, -0.05) is 18.0 Å². The van der Waals surface area contributed by atoms with Gasteiger partial charge in [-0.25, -0.2) is 9.59 Å². The van der Waals surface area contributed by atoms with Crippen molar-refractivity contribution in [1.29, 1.82) is 0 Å². The Balaban J connectivity index is 1.13. The number of likely N-dealkylation sites (tertiary alicyclic amines) is 3. The van der Waals surface area contributed by atoms with Gasteiger partial charge >= 0.3 is 18.3 Å². The number of fused-ring (bicyclic) bond motifs is 1. The van der Waals surface area contributed by atoms with Crippen molar-refractivity contribution in [3.8, 4) is 0 Å². The number of ether oxygens (including phenoxy) is 1. The number of rotatable bonds is 6. The summed E-state index contributed by atoms with van der Waals surface area (Å²) < 4.78 is 47.1. The fourth-order valence-corrected chi connectivity index (χ4v) is 8.24. The van der Waals surface area contributed by atoms with Crippen LogP contribution in [0.1, 0.15) is 61.6 Å². The number of nitrogens with one attached hydrogen (secondary N) is 1. The summed E-state index contributed by atoms with van der Waals surface area (Å²) in [5.74, 6) is -0.441. The first-order valence-corrected chi connectivity index (χ1v) is 17.5. The molecule has 0 bridgehead atoms. The molecule has 0 aliphatic carbocycles. The van der Waals surface area contributed by atoms with Crippen LogP contribution in [-0.2, 0) is 28.7 Å². The summed E-state index contributed by atoms with van der Waals surface area (Å²) in [6.07, 6.45) is -0.940. The summed E-state index contributed by atoms with van der Waals surface area (Å²) in [7, 11) is 0. The largest absolute Gasteiger partial charge is 0.436 e. The van der Waals surface area contributed by atoms with Crippen LogP contribution in [0.15, 0.2) is 23.6 Å². The molecule has 4 aliphatic rings. The van der Waals surface area contributed by atoms with E-state index in [-0.39, 0.29) is 29.1 Å². The van der Waals surface area contributed by atoms with E-state index in [2.05, 4.69) is 10.2 Å². The molecule has 1 aromatic heterocycles. The number of anilines is 2. The van der Waals surface area contributed by atoms with Crippen LogP contribution in [0.25, 0.3) is 0 Å². The van der Waals surface area contributed by atoms with Gasteiger partial charge in [-0.15, -0.1) is 11.3 Å². The summed E-state index contributed by atoms with van der Waals surface area (Å²) >= 11 is 7.57. The second-order valence-corrected chi connectivity index (χ2v) is 14.1. The number of alkyl halides is 3. The maximum absolute atomic E-state index is 13.9. The van der Waals surface area contributed by atoms with Gasteiger partial charge in [0, 0.05) is 50.2 Å². The van der Waals surface area contributed by atoms with Crippen molar-refractivity contribution >= 4 is 51.7 Å². The monoisotopic (exact) mass is 696 g/mol. The highest BCUT2D eigenvalue weighted by atomic mass is 35.5. The first-order chi connectivity index (χ1) is 22.5. The summed E-state index contributed by atoms with van der Waals surface area (Å²) in [4.78, 5) is 47.5. The summed E-state index contributed by atoms with van der Waals surface area (Å²) in [5, 5.41) is 5.42. The quantitative estimate of drug-likeness (QED) is 0.357. The van der Waals surface area contributed by atoms with Crippen LogP contribution in [-0.4, -0.2) is 95.1 Å². The highest BCUT2D eigenvalue weighted by Gasteiger charge is 2.38. The number of nitrogen functional groups attached to an aromatic ring is 1. The average molecular weight is 697 g/mol. The topological polar surface area (TPSA) is 111 Å². The van der Waals surface area contributed by atoms with E-state index >= 15 is 0 Å². The first-order valence-electron chi connectivity index (χ1n) is 16.3. The van der Waals surface area contributed by atoms with Crippen LogP contribution in [0, 0.1) is 0 Å². The number of carbonyl (C=O) groups is 3. The average Bonchev–Trinajstić information content (AvgIpc) is 3.52. The second kappa shape index (κ2) is 14.1. The minimum absolute atomic E-state index is 0.0802. The van der Waals surface area contributed by atoms with Gasteiger partial charge in [-0.2, -0.15) is 13.2 Å². The molecule has 3 fully saturated rings. The van der Waals surface area contributed by atoms with Crippen LogP contribution in [0.4, 0.5) is 33.4 Å². The van der Waals surface area contributed by atoms with E-state index < -0.39 is 35.5 Å². The number of piperidine rings is 3. The molecule has 4 amide bonds. The number of carbonyl (C=O) groups excluding carboxylic acids is 3. The molecule has 0 unspecified atom stereocenters. The molecule has 1 atom stereocenters. The number of benzene rings is 1. The smallest absolute Gasteiger partial charge is 0.418 e. The van der Waals surface area contributed by atoms with Crippen LogP contribution >= 0.6 is 22.9 Å². The molecule has 15 heteroatoms. The lowest BCUT2D eigenvalue weighted by Crippen LogP contribution is -2.53. The SMILES string of the molecule is Nc1c(Cl)cc(C[C@@H](OC(=O)N2CCC(N3Cc4ccsc4NC3=O)CC2)C(=O)N2CCC(N3CCCCC3)CC2)cc1C(F)(F)F. The van der Waals surface area contributed by atoms with Gasteiger partial charge in [0.25, 0.3) is 5.91 Å². The molecule has 47 heavy (non-hydrogen) atoms. The van der Waals surface area contributed by atoms with E-state index in [0.717, 1.165) is 42.6 Å². The fraction of sp³-hybridized carbons (Fsp3) is 0.594. The Kier molecular flexibility index (Phi) is 10.1. The van der Waals surface area contributed by atoms with Crippen molar-refractivity contribution < 1.29 is 32.3 Å². The van der Waals surface area contributed by atoms with Crippen molar-refractivity contribution in [1.82, 2.24) is 19.6 Å². The number of amides is 4. The molecule has 256 valence electrons. The molecule has 6 rings (SSSR count). The molecule has 1 aromatic carbocycles. The zero-order chi connectivity index (χ0) is 33.3. The van der Waals surface area contributed by atoms with Crippen LogP contribution in [0.5, 0.6) is 0 Å². The standard InChI is InChI=1S/C32H40ClF3N6O4S/c33-25-17-20(16-24(27(25)37)32(34,35)36)18-26(29(43)40-11-4-22(5-12-40)39-9-2-1-3-10-39)46-31(45)41-13-6-23(7-14-41)42-19-21-8-15-47-28(21)38-30(42)44/h8,15-17,22-23,26H,1-7,9-14,18-19,37H2,(H,38,44)/t26-/m1/s1. The predicted molar refractivity (Wildman–Crippen MR) is 173 cm³/mol. The lowest BCUT2D eigenvalue weighted by atomic mass is 9.98. The Morgan fingerprint density at radius 2 is 1.66 bits per heavy atom. The lowest BCUT2D eigenvalue weighted by Gasteiger charge is -2.41. The molecule has 0 radical (unpaired) electrons. The third kappa shape index (κ3) is 7.59. The maximum atomic E-state index is 13.9. The van der Waals surface area contributed by atoms with Crippen LogP contribution < -0.4 is 11.1 Å². The van der Waals surface area contributed by atoms with Crippen molar-refractivity contribution in [2.24, 2.45) is 0 Å². The molecule has 5 heterocycles. The summed E-state index contributed by atoms with van der Waals surface area (Å²) in [5.41, 5.74) is 5.09. The van der Waals surface area contributed by atoms with Crippen LogP contribution in [0.2, 0.25) is 5.02 Å². The van der Waals surface area contributed by atoms with E-state index in [4.69, 9.17) is 22.1 Å². The minimum Gasteiger partial charge on any atom is -0.436 e. The van der Waals surface area contributed by atoms with Gasteiger partial charge in [0.1, 0.15) is 5.00 Å². The molecule has 10 nitrogen and oxygen atoms in total. The lowest BCUT2D eigenvalue weighted by molar-refractivity contribution is -0.142. The zero-order valence-electron chi connectivity index (χ0n) is 26.1. The van der Waals surface area contributed by atoms with Gasteiger partial charge in [-0.05, 0) is 80.8 Å². The van der Waals surface area contributed by atoms with E-state index in [1.54, 1.807) is 9.80 Å². The molecular weight excluding hydrogens is 657 g/mol. The Bertz CT molecular complexity index is 1470. The van der Waals surface area contributed by atoms with Crippen molar-refractivity contribution in [3.05, 3.63) is 45.3 Å². The Morgan fingerprint density at radius 3 is 2.34 bits per heavy atom. The third-order valence-electron chi connectivity index (χ3n) is 9.85. The Morgan fingerprint density at radius 1 is 1.00 bits per heavy atom. The summed E-state index contributed by atoms with van der Waals surface area (Å²) in [6, 6.07) is 4.26. The molecule has 0 saturated carbocycles. The minimum atomic E-state index is -4.75. The Labute approximate surface area is 280 Å². The van der Waals surface area contributed by atoms with Crippen molar-refractivity contribution in [2.75, 3.05) is 50.3 Å². The molecule has 4 aliphatic heterocycles. The predicted octanol–water partition coefficient (Wildman–Crippen LogP) is 6.04. The number of hydrogen-bond acceptors (Lipinski definition) is 7. The highest BCUT2D eigenvalue weighted by Crippen LogP contribution is 2.38. The first kappa shape index (κ1) is 33.7. The number of hydrogen-bond donors (Lipinski definition) is 2. The zero-order valence-corrected chi connectivity index (χ0v) is 27.6. The second-order valence-electron chi connectivity index (χ2n) is 12.8. The van der Waals surface area contributed by atoms with E-state index in [0.29, 0.717) is 51.6 Å². The maximum Gasteiger partial charge on any atom is 0.418 e.